The van der Waals surface area contributed by atoms with Crippen LogP contribution in [-0.4, -0.2) is 31.1 Å². The molecule has 3 nitrogen and oxygen atoms in total. The Balaban J connectivity index is 1.85. The SMILES string of the molecule is COc1ccc(CN2CCC(C(C)N)C2)c2ccccc12. The van der Waals surface area contributed by atoms with E-state index in [9.17, 15) is 0 Å². The first-order valence-electron chi connectivity index (χ1n) is 7.71. The maximum atomic E-state index is 6.04. The fourth-order valence-electron chi connectivity index (χ4n) is 3.33. The zero-order valence-electron chi connectivity index (χ0n) is 12.9. The van der Waals surface area contributed by atoms with Gasteiger partial charge in [-0.25, -0.2) is 0 Å². The minimum atomic E-state index is 0.294. The monoisotopic (exact) mass is 284 g/mol. The standard InChI is InChI=1S/C18H24N2O/c1-13(19)14-9-10-20(11-14)12-15-7-8-18(21-2)17-6-4-3-5-16(15)17/h3-8,13-14H,9-12,19H2,1-2H3. The van der Waals surface area contributed by atoms with E-state index in [2.05, 4.69) is 48.2 Å². The van der Waals surface area contributed by atoms with E-state index in [4.69, 9.17) is 10.5 Å². The molecule has 0 aliphatic carbocycles. The molecule has 2 unspecified atom stereocenters. The van der Waals surface area contributed by atoms with Crippen LogP contribution in [0.1, 0.15) is 18.9 Å². The van der Waals surface area contributed by atoms with Gasteiger partial charge in [0.15, 0.2) is 0 Å². The van der Waals surface area contributed by atoms with Gasteiger partial charge in [0.05, 0.1) is 7.11 Å². The van der Waals surface area contributed by atoms with E-state index in [1.807, 2.05) is 0 Å². The highest BCUT2D eigenvalue weighted by Gasteiger charge is 2.25. The van der Waals surface area contributed by atoms with Gasteiger partial charge < -0.3 is 10.5 Å². The third kappa shape index (κ3) is 2.89. The molecular weight excluding hydrogens is 260 g/mol. The number of ether oxygens (including phenoxy) is 1. The molecule has 1 aliphatic rings. The Morgan fingerprint density at radius 3 is 2.67 bits per heavy atom. The normalized spacial score (nSPS) is 20.8. The Morgan fingerprint density at radius 2 is 2.00 bits per heavy atom. The number of likely N-dealkylation sites (tertiary alicyclic amines) is 1. The highest BCUT2D eigenvalue weighted by atomic mass is 16.5. The minimum absolute atomic E-state index is 0.294. The zero-order chi connectivity index (χ0) is 14.8. The third-order valence-electron chi connectivity index (χ3n) is 4.64. The molecule has 0 aromatic heterocycles. The molecule has 2 N–H and O–H groups in total. The second-order valence-electron chi connectivity index (χ2n) is 6.12. The summed E-state index contributed by atoms with van der Waals surface area (Å²) in [5, 5.41) is 2.49. The molecule has 21 heavy (non-hydrogen) atoms. The van der Waals surface area contributed by atoms with Crippen molar-refractivity contribution in [1.82, 2.24) is 4.90 Å². The summed E-state index contributed by atoms with van der Waals surface area (Å²) in [4.78, 5) is 2.52. The third-order valence-corrected chi connectivity index (χ3v) is 4.64. The summed E-state index contributed by atoms with van der Waals surface area (Å²) >= 11 is 0. The number of hydrogen-bond acceptors (Lipinski definition) is 3. The number of fused-ring (bicyclic) bond motifs is 1. The predicted octanol–water partition coefficient (Wildman–Crippen LogP) is 3.02. The lowest BCUT2D eigenvalue weighted by atomic mass is 10.0. The van der Waals surface area contributed by atoms with Crippen LogP contribution in [0, 0.1) is 5.92 Å². The Hall–Kier alpha value is -1.58. The van der Waals surface area contributed by atoms with Crippen LogP contribution in [0.3, 0.4) is 0 Å². The van der Waals surface area contributed by atoms with Gasteiger partial charge in [-0.05, 0) is 42.8 Å². The topological polar surface area (TPSA) is 38.5 Å². The summed E-state index contributed by atoms with van der Waals surface area (Å²) < 4.78 is 5.47. The summed E-state index contributed by atoms with van der Waals surface area (Å²) in [5.74, 6) is 1.58. The average molecular weight is 284 g/mol. The number of benzene rings is 2. The summed E-state index contributed by atoms with van der Waals surface area (Å²) in [6, 6.07) is 13.1. The fourth-order valence-corrected chi connectivity index (χ4v) is 3.33. The van der Waals surface area contributed by atoms with Crippen molar-refractivity contribution in [2.24, 2.45) is 11.7 Å². The highest BCUT2D eigenvalue weighted by molar-refractivity contribution is 5.91. The molecule has 0 spiro atoms. The van der Waals surface area contributed by atoms with Gasteiger partial charge in [-0.15, -0.1) is 0 Å². The molecule has 2 aromatic rings. The number of hydrogen-bond donors (Lipinski definition) is 1. The van der Waals surface area contributed by atoms with E-state index in [1.54, 1.807) is 7.11 Å². The molecule has 3 heteroatoms. The minimum Gasteiger partial charge on any atom is -0.496 e. The van der Waals surface area contributed by atoms with Crippen LogP contribution in [0.2, 0.25) is 0 Å². The summed E-state index contributed by atoms with van der Waals surface area (Å²) in [6.45, 7) is 5.37. The average Bonchev–Trinajstić information content (AvgIpc) is 2.96. The van der Waals surface area contributed by atoms with Gasteiger partial charge in [0.25, 0.3) is 0 Å². The van der Waals surface area contributed by atoms with Crippen LogP contribution in [0.5, 0.6) is 5.75 Å². The van der Waals surface area contributed by atoms with E-state index >= 15 is 0 Å². The van der Waals surface area contributed by atoms with E-state index < -0.39 is 0 Å². The number of nitrogens with two attached hydrogens (primary N) is 1. The lowest BCUT2D eigenvalue weighted by Gasteiger charge is -2.19. The van der Waals surface area contributed by atoms with Crippen LogP contribution in [0.4, 0.5) is 0 Å². The molecule has 1 fully saturated rings. The van der Waals surface area contributed by atoms with Crippen LogP contribution in [0.25, 0.3) is 10.8 Å². The van der Waals surface area contributed by atoms with Gasteiger partial charge in [-0.2, -0.15) is 0 Å². The van der Waals surface area contributed by atoms with Crippen molar-refractivity contribution in [2.75, 3.05) is 20.2 Å². The van der Waals surface area contributed by atoms with Gasteiger partial charge in [-0.3, -0.25) is 4.90 Å². The molecule has 1 saturated heterocycles. The van der Waals surface area contributed by atoms with Gasteiger partial charge >= 0.3 is 0 Å². The smallest absolute Gasteiger partial charge is 0.126 e. The van der Waals surface area contributed by atoms with Gasteiger partial charge in [0.2, 0.25) is 0 Å². The van der Waals surface area contributed by atoms with E-state index in [-0.39, 0.29) is 0 Å². The summed E-state index contributed by atoms with van der Waals surface area (Å²) in [6.07, 6.45) is 1.21. The number of methoxy groups -OCH3 is 1. The van der Waals surface area contributed by atoms with E-state index in [0.717, 1.165) is 25.4 Å². The maximum absolute atomic E-state index is 6.04. The zero-order valence-corrected chi connectivity index (χ0v) is 12.9. The van der Waals surface area contributed by atoms with Crippen molar-refractivity contribution in [3.05, 3.63) is 42.0 Å². The van der Waals surface area contributed by atoms with E-state index in [1.165, 1.54) is 22.8 Å². The van der Waals surface area contributed by atoms with Crippen molar-refractivity contribution in [3.8, 4) is 5.75 Å². The molecule has 1 aliphatic heterocycles. The quantitative estimate of drug-likeness (QED) is 0.938. The molecule has 0 amide bonds. The molecule has 0 bridgehead atoms. The molecule has 2 aromatic carbocycles. The van der Waals surface area contributed by atoms with Crippen molar-refractivity contribution < 1.29 is 4.74 Å². The lowest BCUT2D eigenvalue weighted by molar-refractivity contribution is 0.309. The fraction of sp³-hybridized carbons (Fsp3) is 0.444. The van der Waals surface area contributed by atoms with Crippen molar-refractivity contribution in [3.63, 3.8) is 0 Å². The molecule has 112 valence electrons. The summed E-state index contributed by atoms with van der Waals surface area (Å²) in [7, 11) is 1.73. The molecule has 1 heterocycles. The molecular formula is C18H24N2O. The second kappa shape index (κ2) is 6.04. The first kappa shape index (κ1) is 14.4. The van der Waals surface area contributed by atoms with Crippen molar-refractivity contribution in [2.45, 2.75) is 25.9 Å². The van der Waals surface area contributed by atoms with Crippen LogP contribution < -0.4 is 10.5 Å². The molecule has 0 radical (unpaired) electrons. The Kier molecular flexibility index (Phi) is 4.13. The molecule has 0 saturated carbocycles. The first-order valence-corrected chi connectivity index (χ1v) is 7.71. The molecule has 2 atom stereocenters. The Bertz CT molecular complexity index is 624. The lowest BCUT2D eigenvalue weighted by Crippen LogP contribution is -2.29. The van der Waals surface area contributed by atoms with Crippen molar-refractivity contribution in [1.29, 1.82) is 0 Å². The van der Waals surface area contributed by atoms with Crippen LogP contribution in [0.15, 0.2) is 36.4 Å². The van der Waals surface area contributed by atoms with Gasteiger partial charge in [0, 0.05) is 24.5 Å². The Morgan fingerprint density at radius 1 is 1.24 bits per heavy atom. The predicted molar refractivity (Wildman–Crippen MR) is 87.5 cm³/mol. The number of rotatable bonds is 4. The van der Waals surface area contributed by atoms with Crippen molar-refractivity contribution >= 4 is 10.8 Å². The highest BCUT2D eigenvalue weighted by Crippen LogP contribution is 2.30. The van der Waals surface area contributed by atoms with E-state index in [0.29, 0.717) is 12.0 Å². The first-order chi connectivity index (χ1) is 10.2. The van der Waals surface area contributed by atoms with Gasteiger partial charge in [0.1, 0.15) is 5.75 Å². The summed E-state index contributed by atoms with van der Waals surface area (Å²) in [5.41, 5.74) is 7.41. The largest absolute Gasteiger partial charge is 0.496 e. The van der Waals surface area contributed by atoms with Crippen LogP contribution >= 0.6 is 0 Å². The Labute approximate surface area is 126 Å². The number of nitrogens with zero attached hydrogens (tertiary/aromatic N) is 1. The molecule has 3 rings (SSSR count). The second-order valence-corrected chi connectivity index (χ2v) is 6.12. The van der Waals surface area contributed by atoms with Crippen LogP contribution in [-0.2, 0) is 6.54 Å². The van der Waals surface area contributed by atoms with Gasteiger partial charge in [-0.1, -0.05) is 30.3 Å². The maximum Gasteiger partial charge on any atom is 0.126 e.